The van der Waals surface area contributed by atoms with E-state index in [0.717, 1.165) is 31.3 Å². The molecule has 3 atom stereocenters. The molecule has 15 heavy (non-hydrogen) atoms. The molecule has 3 rings (SSSR count). The third-order valence-electron chi connectivity index (χ3n) is 4.50. The fourth-order valence-corrected chi connectivity index (χ4v) is 3.55. The van der Waals surface area contributed by atoms with Gasteiger partial charge in [-0.3, -0.25) is 0 Å². The zero-order chi connectivity index (χ0) is 10.3. The quantitative estimate of drug-likeness (QED) is 0.735. The summed E-state index contributed by atoms with van der Waals surface area (Å²) in [7, 11) is 2.30. The van der Waals surface area contributed by atoms with Crippen LogP contribution in [0.2, 0.25) is 0 Å². The summed E-state index contributed by atoms with van der Waals surface area (Å²) in [5.74, 6) is 0. The number of hydrogen-bond donors (Lipinski definition) is 1. The standard InChI is InChI=1S/C12H22N2O/c1-14-11-2-3-12(14)7-10(6-11)13-9-4-5-15-8-9/h9-13H,2-8H2,1H3. The molecule has 0 radical (unpaired) electrons. The van der Waals surface area contributed by atoms with E-state index >= 15 is 0 Å². The molecule has 3 fully saturated rings. The zero-order valence-electron chi connectivity index (χ0n) is 9.61. The van der Waals surface area contributed by atoms with Gasteiger partial charge in [-0.1, -0.05) is 0 Å². The van der Waals surface area contributed by atoms with Crippen LogP contribution < -0.4 is 5.32 Å². The van der Waals surface area contributed by atoms with Crippen molar-refractivity contribution in [2.75, 3.05) is 20.3 Å². The third-order valence-corrected chi connectivity index (χ3v) is 4.50. The molecule has 3 heteroatoms. The minimum absolute atomic E-state index is 0.637. The SMILES string of the molecule is CN1C2CCC1CC(NC1CCOC1)C2. The molecule has 0 aromatic carbocycles. The molecule has 3 unspecified atom stereocenters. The van der Waals surface area contributed by atoms with Gasteiger partial charge in [0, 0.05) is 30.8 Å². The Bertz CT molecular complexity index is 214. The molecule has 0 amide bonds. The van der Waals surface area contributed by atoms with Gasteiger partial charge in [-0.25, -0.2) is 0 Å². The Labute approximate surface area is 92.2 Å². The fraction of sp³-hybridized carbons (Fsp3) is 1.00. The molecular formula is C12H22N2O. The fourth-order valence-electron chi connectivity index (χ4n) is 3.55. The lowest BCUT2D eigenvalue weighted by atomic mass is 9.97. The number of hydrogen-bond acceptors (Lipinski definition) is 3. The van der Waals surface area contributed by atoms with E-state index in [1.165, 1.54) is 32.1 Å². The zero-order valence-corrected chi connectivity index (χ0v) is 9.61. The van der Waals surface area contributed by atoms with Gasteiger partial charge in [-0.15, -0.1) is 0 Å². The highest BCUT2D eigenvalue weighted by molar-refractivity contribution is 4.96. The van der Waals surface area contributed by atoms with Crippen molar-refractivity contribution in [1.29, 1.82) is 0 Å². The van der Waals surface area contributed by atoms with Gasteiger partial charge in [0.25, 0.3) is 0 Å². The van der Waals surface area contributed by atoms with Gasteiger partial charge in [-0.05, 0) is 39.2 Å². The second-order valence-corrected chi connectivity index (χ2v) is 5.45. The van der Waals surface area contributed by atoms with Gasteiger partial charge < -0.3 is 15.0 Å². The van der Waals surface area contributed by atoms with Gasteiger partial charge in [0.1, 0.15) is 0 Å². The van der Waals surface area contributed by atoms with E-state index < -0.39 is 0 Å². The van der Waals surface area contributed by atoms with Crippen molar-refractivity contribution in [2.24, 2.45) is 0 Å². The summed E-state index contributed by atoms with van der Waals surface area (Å²) in [6, 6.07) is 3.09. The summed E-state index contributed by atoms with van der Waals surface area (Å²) in [5, 5.41) is 3.79. The Morgan fingerprint density at radius 2 is 1.80 bits per heavy atom. The molecule has 3 heterocycles. The van der Waals surface area contributed by atoms with E-state index in [9.17, 15) is 0 Å². The van der Waals surface area contributed by atoms with Crippen LogP contribution in [0, 0.1) is 0 Å². The Hall–Kier alpha value is -0.120. The van der Waals surface area contributed by atoms with Crippen molar-refractivity contribution in [3.63, 3.8) is 0 Å². The predicted octanol–water partition coefficient (Wildman–Crippen LogP) is 0.990. The highest BCUT2D eigenvalue weighted by Gasteiger charge is 2.38. The summed E-state index contributed by atoms with van der Waals surface area (Å²) < 4.78 is 5.42. The number of nitrogens with zero attached hydrogens (tertiary/aromatic N) is 1. The van der Waals surface area contributed by atoms with E-state index in [1.54, 1.807) is 0 Å². The third kappa shape index (κ3) is 1.93. The average molecular weight is 210 g/mol. The molecule has 3 nitrogen and oxygen atoms in total. The van der Waals surface area contributed by atoms with Gasteiger partial charge in [0.15, 0.2) is 0 Å². The van der Waals surface area contributed by atoms with Gasteiger partial charge in [0.2, 0.25) is 0 Å². The monoisotopic (exact) mass is 210 g/mol. The van der Waals surface area contributed by atoms with Gasteiger partial charge in [-0.2, -0.15) is 0 Å². The first-order valence-electron chi connectivity index (χ1n) is 6.38. The number of rotatable bonds is 2. The van der Waals surface area contributed by atoms with E-state index in [-0.39, 0.29) is 0 Å². The Morgan fingerprint density at radius 1 is 1.07 bits per heavy atom. The molecular weight excluding hydrogens is 188 g/mol. The average Bonchev–Trinajstić information content (AvgIpc) is 2.76. The van der Waals surface area contributed by atoms with Crippen molar-refractivity contribution < 1.29 is 4.74 Å². The van der Waals surface area contributed by atoms with Crippen LogP contribution in [0.1, 0.15) is 32.1 Å². The van der Waals surface area contributed by atoms with E-state index in [2.05, 4.69) is 17.3 Å². The largest absolute Gasteiger partial charge is 0.380 e. The maximum atomic E-state index is 5.42. The molecule has 0 aromatic heterocycles. The summed E-state index contributed by atoms with van der Waals surface area (Å²) in [5.41, 5.74) is 0. The first-order chi connectivity index (χ1) is 7.33. The minimum atomic E-state index is 0.637. The van der Waals surface area contributed by atoms with Crippen LogP contribution in [0.5, 0.6) is 0 Å². The van der Waals surface area contributed by atoms with E-state index in [0.29, 0.717) is 6.04 Å². The number of ether oxygens (including phenoxy) is 1. The van der Waals surface area contributed by atoms with Gasteiger partial charge in [0.05, 0.1) is 6.61 Å². The maximum absolute atomic E-state index is 5.42. The molecule has 3 aliphatic rings. The second-order valence-electron chi connectivity index (χ2n) is 5.45. The molecule has 0 aromatic rings. The highest BCUT2D eigenvalue weighted by Crippen LogP contribution is 2.34. The minimum Gasteiger partial charge on any atom is -0.380 e. The van der Waals surface area contributed by atoms with Crippen LogP contribution in [0.3, 0.4) is 0 Å². The van der Waals surface area contributed by atoms with Crippen molar-refractivity contribution in [2.45, 2.75) is 56.3 Å². The Balaban J connectivity index is 1.55. The summed E-state index contributed by atoms with van der Waals surface area (Å²) in [4.78, 5) is 2.60. The molecule has 3 saturated heterocycles. The Kier molecular flexibility index (Phi) is 2.71. The van der Waals surface area contributed by atoms with E-state index in [4.69, 9.17) is 4.74 Å². The van der Waals surface area contributed by atoms with Crippen LogP contribution in [0.25, 0.3) is 0 Å². The second kappa shape index (κ2) is 4.04. The van der Waals surface area contributed by atoms with Crippen LogP contribution in [-0.2, 0) is 4.74 Å². The lowest BCUT2D eigenvalue weighted by molar-refractivity contribution is 0.137. The van der Waals surface area contributed by atoms with Crippen molar-refractivity contribution in [1.82, 2.24) is 10.2 Å². The lowest BCUT2D eigenvalue weighted by Crippen LogP contribution is -2.50. The molecule has 2 bridgehead atoms. The highest BCUT2D eigenvalue weighted by atomic mass is 16.5. The smallest absolute Gasteiger partial charge is 0.0620 e. The van der Waals surface area contributed by atoms with Crippen LogP contribution in [0.4, 0.5) is 0 Å². The lowest BCUT2D eigenvalue weighted by Gasteiger charge is -2.37. The predicted molar refractivity (Wildman–Crippen MR) is 60.0 cm³/mol. The number of piperidine rings is 1. The summed E-state index contributed by atoms with van der Waals surface area (Å²) >= 11 is 0. The molecule has 3 aliphatic heterocycles. The van der Waals surface area contributed by atoms with Gasteiger partial charge >= 0.3 is 0 Å². The Morgan fingerprint density at radius 3 is 2.40 bits per heavy atom. The van der Waals surface area contributed by atoms with Crippen LogP contribution in [-0.4, -0.2) is 49.3 Å². The molecule has 0 aliphatic carbocycles. The van der Waals surface area contributed by atoms with E-state index in [1.807, 2.05) is 0 Å². The first-order valence-corrected chi connectivity index (χ1v) is 6.38. The summed E-state index contributed by atoms with van der Waals surface area (Å²) in [6.07, 6.45) is 6.75. The molecule has 0 spiro atoms. The van der Waals surface area contributed by atoms with Crippen molar-refractivity contribution >= 4 is 0 Å². The maximum Gasteiger partial charge on any atom is 0.0620 e. The molecule has 1 N–H and O–H groups in total. The molecule has 0 saturated carbocycles. The topological polar surface area (TPSA) is 24.5 Å². The van der Waals surface area contributed by atoms with Crippen molar-refractivity contribution in [3.8, 4) is 0 Å². The first kappa shape index (κ1) is 10.1. The normalized spacial score (nSPS) is 46.2. The summed E-state index contributed by atoms with van der Waals surface area (Å²) in [6.45, 7) is 1.89. The van der Waals surface area contributed by atoms with Crippen LogP contribution in [0.15, 0.2) is 0 Å². The number of fused-ring (bicyclic) bond motifs is 2. The van der Waals surface area contributed by atoms with Crippen LogP contribution >= 0.6 is 0 Å². The number of nitrogens with one attached hydrogen (secondary N) is 1. The molecule has 86 valence electrons. The van der Waals surface area contributed by atoms with Crippen molar-refractivity contribution in [3.05, 3.63) is 0 Å².